The van der Waals surface area contributed by atoms with Gasteiger partial charge < -0.3 is 4.74 Å². The Morgan fingerprint density at radius 3 is 2.48 bits per heavy atom. The van der Waals surface area contributed by atoms with Gasteiger partial charge in [0.2, 0.25) is 0 Å². The summed E-state index contributed by atoms with van der Waals surface area (Å²) < 4.78 is 5.20. The van der Waals surface area contributed by atoms with Gasteiger partial charge in [-0.1, -0.05) is 18.2 Å². The van der Waals surface area contributed by atoms with Gasteiger partial charge in [0.25, 0.3) is 11.1 Å². The van der Waals surface area contributed by atoms with Crippen LogP contribution in [0.5, 0.6) is 5.75 Å². The van der Waals surface area contributed by atoms with E-state index in [0.29, 0.717) is 4.91 Å². The van der Waals surface area contributed by atoms with Gasteiger partial charge in [-0.05, 0) is 58.8 Å². The first-order chi connectivity index (χ1) is 10.1. The normalized spacial score (nSPS) is 17.0. The molecule has 4 nitrogen and oxygen atoms in total. The highest BCUT2D eigenvalue weighted by Crippen LogP contribution is 2.33. The fourth-order valence-corrected chi connectivity index (χ4v) is 3.02. The van der Waals surface area contributed by atoms with Crippen LogP contribution in [0, 0.1) is 0 Å². The highest BCUT2D eigenvalue weighted by Gasteiger charge is 2.27. The predicted molar refractivity (Wildman–Crippen MR) is 84.2 cm³/mol. The molecule has 1 saturated heterocycles. The first-order valence-corrected chi connectivity index (χ1v) is 7.22. The smallest absolute Gasteiger partial charge is 0.290 e. The van der Waals surface area contributed by atoms with E-state index in [4.69, 9.17) is 4.74 Å². The molecule has 1 N–H and O–H groups in total. The van der Waals surface area contributed by atoms with Crippen molar-refractivity contribution in [3.05, 3.63) is 46.9 Å². The fraction of sp³-hybridized carbons (Fsp3) is 0.125. The van der Waals surface area contributed by atoms with Crippen molar-refractivity contribution >= 4 is 39.3 Å². The maximum Gasteiger partial charge on any atom is 0.290 e. The van der Waals surface area contributed by atoms with Crippen molar-refractivity contribution in [1.82, 2.24) is 5.32 Å². The Morgan fingerprint density at radius 2 is 1.81 bits per heavy atom. The van der Waals surface area contributed by atoms with Gasteiger partial charge in [0, 0.05) is 0 Å². The number of carbonyl (C=O) groups excluding carboxylic acids is 2. The Bertz CT molecular complexity index is 795. The lowest BCUT2D eigenvalue weighted by Crippen LogP contribution is -2.18. The highest BCUT2D eigenvalue weighted by molar-refractivity contribution is 8.18. The van der Waals surface area contributed by atoms with E-state index in [0.717, 1.165) is 39.4 Å². The number of ether oxygens (including phenoxy) is 1. The predicted octanol–water partition coefficient (Wildman–Crippen LogP) is 3.56. The average molecular weight is 299 g/mol. The van der Waals surface area contributed by atoms with Gasteiger partial charge in [-0.25, -0.2) is 0 Å². The quantitative estimate of drug-likeness (QED) is 0.861. The summed E-state index contributed by atoms with van der Waals surface area (Å²) >= 11 is 0.948. The van der Waals surface area contributed by atoms with E-state index in [1.54, 1.807) is 7.11 Å². The molecule has 1 aliphatic rings. The Morgan fingerprint density at radius 1 is 1.10 bits per heavy atom. The molecular weight excluding hydrogens is 286 g/mol. The van der Waals surface area contributed by atoms with E-state index in [2.05, 4.69) is 5.32 Å². The van der Waals surface area contributed by atoms with Gasteiger partial charge in [-0.2, -0.15) is 0 Å². The molecule has 21 heavy (non-hydrogen) atoms. The third kappa shape index (κ3) is 2.52. The molecule has 0 saturated carbocycles. The minimum Gasteiger partial charge on any atom is -0.497 e. The van der Waals surface area contributed by atoms with Crippen molar-refractivity contribution in [2.45, 2.75) is 6.92 Å². The largest absolute Gasteiger partial charge is 0.497 e. The summed E-state index contributed by atoms with van der Waals surface area (Å²) in [7, 11) is 1.64. The van der Waals surface area contributed by atoms with Crippen molar-refractivity contribution < 1.29 is 14.3 Å². The molecule has 0 radical (unpaired) electrons. The number of hydrogen-bond donors (Lipinski definition) is 1. The van der Waals surface area contributed by atoms with Crippen molar-refractivity contribution in [2.75, 3.05) is 7.11 Å². The second kappa shape index (κ2) is 5.26. The molecule has 106 valence electrons. The summed E-state index contributed by atoms with van der Waals surface area (Å²) in [4.78, 5) is 23.5. The van der Waals surface area contributed by atoms with E-state index in [-0.39, 0.29) is 11.1 Å². The monoisotopic (exact) mass is 299 g/mol. The zero-order valence-electron chi connectivity index (χ0n) is 11.6. The zero-order chi connectivity index (χ0) is 15.0. The Kier molecular flexibility index (Phi) is 3.43. The first-order valence-electron chi connectivity index (χ1n) is 6.40. The average Bonchev–Trinajstić information content (AvgIpc) is 2.84. The molecule has 0 bridgehead atoms. The summed E-state index contributed by atoms with van der Waals surface area (Å²) in [5.74, 6) is 0.485. The van der Waals surface area contributed by atoms with Gasteiger partial charge in [-0.3, -0.25) is 14.9 Å². The van der Waals surface area contributed by atoms with Gasteiger partial charge in [-0.15, -0.1) is 0 Å². The summed E-state index contributed by atoms with van der Waals surface area (Å²) in [6.45, 7) is 1.85. The van der Waals surface area contributed by atoms with Crippen LogP contribution in [0.2, 0.25) is 0 Å². The number of hydrogen-bond acceptors (Lipinski definition) is 4. The molecule has 0 aliphatic carbocycles. The van der Waals surface area contributed by atoms with Gasteiger partial charge in [0.15, 0.2) is 0 Å². The van der Waals surface area contributed by atoms with Crippen LogP contribution in [-0.4, -0.2) is 18.3 Å². The molecule has 1 heterocycles. The lowest BCUT2D eigenvalue weighted by Gasteiger charge is -2.07. The topological polar surface area (TPSA) is 55.4 Å². The molecule has 2 amide bonds. The molecule has 1 fully saturated rings. The van der Waals surface area contributed by atoms with Crippen LogP contribution in [0.25, 0.3) is 16.3 Å². The Balaban J connectivity index is 2.07. The van der Waals surface area contributed by atoms with E-state index in [1.807, 2.05) is 43.3 Å². The van der Waals surface area contributed by atoms with E-state index in [1.165, 1.54) is 0 Å². The summed E-state index contributed by atoms with van der Waals surface area (Å²) in [6.07, 6.45) is 0. The van der Waals surface area contributed by atoms with Gasteiger partial charge in [0.05, 0.1) is 12.0 Å². The molecule has 0 spiro atoms. The van der Waals surface area contributed by atoms with Crippen LogP contribution in [0.1, 0.15) is 12.5 Å². The molecule has 2 aromatic carbocycles. The van der Waals surface area contributed by atoms with E-state index in [9.17, 15) is 9.59 Å². The SMILES string of the molecule is COc1ccc2cc(/C(C)=C3/SC(=O)NC3=O)ccc2c1. The molecule has 0 atom stereocenters. The van der Waals surface area contributed by atoms with Crippen molar-refractivity contribution in [2.24, 2.45) is 0 Å². The number of fused-ring (bicyclic) bond motifs is 1. The minimum absolute atomic E-state index is 0.320. The first kappa shape index (κ1) is 13.7. The number of methoxy groups -OCH3 is 1. The van der Waals surface area contributed by atoms with E-state index < -0.39 is 0 Å². The second-order valence-corrected chi connectivity index (χ2v) is 5.71. The van der Waals surface area contributed by atoms with E-state index >= 15 is 0 Å². The van der Waals surface area contributed by atoms with Crippen LogP contribution in [-0.2, 0) is 4.79 Å². The van der Waals surface area contributed by atoms with Crippen molar-refractivity contribution in [3.8, 4) is 5.75 Å². The van der Waals surface area contributed by atoms with Crippen LogP contribution in [0.3, 0.4) is 0 Å². The number of allylic oxidation sites excluding steroid dienone is 1. The molecule has 2 aromatic rings. The second-order valence-electron chi connectivity index (χ2n) is 4.73. The summed E-state index contributed by atoms with van der Waals surface area (Å²) in [6, 6.07) is 11.8. The molecule has 0 aromatic heterocycles. The minimum atomic E-state index is -0.322. The highest BCUT2D eigenvalue weighted by atomic mass is 32.2. The van der Waals surface area contributed by atoms with Gasteiger partial charge in [0.1, 0.15) is 5.75 Å². The number of thioether (sulfide) groups is 1. The third-order valence-corrected chi connectivity index (χ3v) is 4.42. The number of carbonyl (C=O) groups is 2. The Labute approximate surface area is 126 Å². The van der Waals surface area contributed by atoms with Crippen LogP contribution < -0.4 is 10.1 Å². The van der Waals surface area contributed by atoms with Crippen LogP contribution in [0.4, 0.5) is 4.79 Å². The molecule has 3 rings (SSSR count). The maximum atomic E-state index is 11.7. The number of nitrogens with one attached hydrogen (secondary N) is 1. The number of imide groups is 1. The number of benzene rings is 2. The fourth-order valence-electron chi connectivity index (χ4n) is 2.28. The summed E-state index contributed by atoms with van der Waals surface area (Å²) in [5, 5.41) is 4.08. The van der Waals surface area contributed by atoms with Gasteiger partial charge >= 0.3 is 0 Å². The number of rotatable bonds is 2. The zero-order valence-corrected chi connectivity index (χ0v) is 12.4. The molecule has 5 heteroatoms. The number of amides is 2. The third-order valence-electron chi connectivity index (χ3n) is 3.44. The summed E-state index contributed by atoms with van der Waals surface area (Å²) in [5.41, 5.74) is 1.74. The maximum absolute atomic E-state index is 11.7. The van der Waals surface area contributed by atoms with Crippen molar-refractivity contribution in [3.63, 3.8) is 0 Å². The Hall–Kier alpha value is -2.27. The van der Waals surface area contributed by atoms with Crippen LogP contribution >= 0.6 is 11.8 Å². The lowest BCUT2D eigenvalue weighted by atomic mass is 10.0. The standard InChI is InChI=1S/C16H13NO3S/c1-9(14-15(18)17-16(19)21-14)10-3-4-12-8-13(20-2)6-5-11(12)7-10/h3-8H,1-2H3,(H,17,18,19)/b14-9+. The molecule has 0 unspecified atom stereocenters. The molecular formula is C16H13NO3S. The van der Waals surface area contributed by atoms with Crippen LogP contribution in [0.15, 0.2) is 41.3 Å². The lowest BCUT2D eigenvalue weighted by molar-refractivity contribution is -0.115. The van der Waals surface area contributed by atoms with Crippen molar-refractivity contribution in [1.29, 1.82) is 0 Å². The molecule has 1 aliphatic heterocycles.